The second-order valence-corrected chi connectivity index (χ2v) is 6.46. The second-order valence-electron chi connectivity index (χ2n) is 5.50. The number of rotatable bonds is 8. The van der Waals surface area contributed by atoms with Crippen LogP contribution in [0.5, 0.6) is 0 Å². The second kappa shape index (κ2) is 9.94. The average Bonchev–Trinajstić information content (AvgIpc) is 2.65. The fourth-order valence-corrected chi connectivity index (χ4v) is 2.82. The maximum atomic E-state index is 13.0. The van der Waals surface area contributed by atoms with Crippen molar-refractivity contribution in [2.45, 2.75) is 18.7 Å². The lowest BCUT2D eigenvalue weighted by Crippen LogP contribution is -2.37. The van der Waals surface area contributed by atoms with Gasteiger partial charge >= 0.3 is 0 Å². The van der Waals surface area contributed by atoms with E-state index in [1.165, 1.54) is 41.1 Å². The summed E-state index contributed by atoms with van der Waals surface area (Å²) in [6, 6.07) is 12.7. The van der Waals surface area contributed by atoms with Gasteiger partial charge in [-0.2, -0.15) is 0 Å². The first-order valence-electron chi connectivity index (χ1n) is 8.38. The Morgan fingerprint density at radius 1 is 1.04 bits per heavy atom. The Morgan fingerprint density at radius 2 is 1.69 bits per heavy atom. The van der Waals surface area contributed by atoms with Crippen LogP contribution in [0.3, 0.4) is 0 Å². The summed E-state index contributed by atoms with van der Waals surface area (Å²) in [7, 11) is 0. The van der Waals surface area contributed by atoms with Gasteiger partial charge in [0.15, 0.2) is 0 Å². The summed E-state index contributed by atoms with van der Waals surface area (Å²) in [4.78, 5) is 27.1. The number of hydrogen-bond acceptors (Lipinski definition) is 4. The Kier molecular flexibility index (Phi) is 7.62. The number of hydrogen-bond donors (Lipinski definition) is 2. The van der Waals surface area contributed by atoms with Gasteiger partial charge in [-0.15, -0.1) is 0 Å². The maximum absolute atomic E-state index is 13.0. The van der Waals surface area contributed by atoms with Crippen molar-refractivity contribution in [1.82, 2.24) is 9.62 Å². The summed E-state index contributed by atoms with van der Waals surface area (Å²) < 4.78 is 16.1. The van der Waals surface area contributed by atoms with Crippen molar-refractivity contribution in [3.8, 4) is 0 Å². The van der Waals surface area contributed by atoms with E-state index in [9.17, 15) is 14.0 Å². The molecule has 138 valence electrons. The lowest BCUT2D eigenvalue weighted by molar-refractivity contribution is -0.116. The van der Waals surface area contributed by atoms with E-state index >= 15 is 0 Å². The summed E-state index contributed by atoms with van der Waals surface area (Å²) in [5.41, 5.74) is 1.02. The summed E-state index contributed by atoms with van der Waals surface area (Å²) in [5.74, 6) is -0.993. The molecule has 2 aromatic rings. The minimum Gasteiger partial charge on any atom is -0.330 e. The van der Waals surface area contributed by atoms with Crippen LogP contribution in [0.2, 0.25) is 0 Å². The van der Waals surface area contributed by atoms with Gasteiger partial charge < -0.3 is 10.2 Å². The highest BCUT2D eigenvalue weighted by Gasteiger charge is 2.17. The molecule has 0 aliphatic carbocycles. The fraction of sp³-hybridized carbons (Fsp3) is 0.263. The van der Waals surface area contributed by atoms with Crippen molar-refractivity contribution in [1.29, 1.82) is 0 Å². The molecule has 0 atom stereocenters. The molecule has 0 saturated heterocycles. The molecule has 0 unspecified atom stereocenters. The van der Waals surface area contributed by atoms with Crippen LogP contribution in [-0.4, -0.2) is 36.3 Å². The van der Waals surface area contributed by atoms with Crippen LogP contribution in [0.25, 0.3) is 0 Å². The van der Waals surface area contributed by atoms with E-state index in [2.05, 4.69) is 10.0 Å². The summed E-state index contributed by atoms with van der Waals surface area (Å²) in [6.45, 7) is 4.98. The number of nitrogens with one attached hydrogen (secondary N) is 2. The van der Waals surface area contributed by atoms with E-state index in [4.69, 9.17) is 0 Å². The van der Waals surface area contributed by atoms with Crippen molar-refractivity contribution in [3.05, 3.63) is 59.9 Å². The number of amides is 2. The Balaban J connectivity index is 1.94. The third-order valence-corrected chi connectivity index (χ3v) is 4.51. The van der Waals surface area contributed by atoms with E-state index in [-0.39, 0.29) is 18.4 Å². The highest BCUT2D eigenvalue weighted by Crippen LogP contribution is 2.17. The predicted octanol–water partition coefficient (Wildman–Crippen LogP) is 3.54. The first-order valence-corrected chi connectivity index (χ1v) is 9.19. The summed E-state index contributed by atoms with van der Waals surface area (Å²) in [6.07, 6.45) is 0. The van der Waals surface area contributed by atoms with E-state index in [1.807, 2.05) is 31.2 Å². The quantitative estimate of drug-likeness (QED) is 0.693. The highest BCUT2D eigenvalue weighted by atomic mass is 32.2. The normalized spacial score (nSPS) is 10.4. The molecule has 2 N–H and O–H groups in total. The smallest absolute Gasteiger partial charge is 0.254 e. The van der Waals surface area contributed by atoms with Gasteiger partial charge in [-0.3, -0.25) is 14.3 Å². The Hall–Kier alpha value is -2.38. The largest absolute Gasteiger partial charge is 0.330 e. The van der Waals surface area contributed by atoms with Crippen molar-refractivity contribution < 1.29 is 14.0 Å². The molecule has 0 bridgehead atoms. The zero-order valence-corrected chi connectivity index (χ0v) is 15.6. The lowest BCUT2D eigenvalue weighted by atomic mass is 10.2. The number of likely N-dealkylation sites (N-methyl/N-ethyl adjacent to an activating group) is 1. The standard InChI is InChI=1S/C19H22FN3O2S/c1-3-21-26-17-11-9-16(10-12-17)22-18(24)13-23(4-2)19(25)14-5-7-15(20)8-6-14/h5-12,21H,3-4,13H2,1-2H3,(H,22,24). The number of anilines is 1. The molecule has 2 aromatic carbocycles. The number of benzene rings is 2. The van der Waals surface area contributed by atoms with E-state index in [0.717, 1.165) is 11.4 Å². The van der Waals surface area contributed by atoms with Crippen LogP contribution in [0.15, 0.2) is 53.4 Å². The number of nitrogens with zero attached hydrogens (tertiary/aromatic N) is 1. The molecule has 0 aliphatic heterocycles. The van der Waals surface area contributed by atoms with Crippen LogP contribution in [0, 0.1) is 5.82 Å². The van der Waals surface area contributed by atoms with Gasteiger partial charge in [0.25, 0.3) is 5.91 Å². The van der Waals surface area contributed by atoms with E-state index < -0.39 is 5.82 Å². The van der Waals surface area contributed by atoms with Gasteiger partial charge in [0.2, 0.25) is 5.91 Å². The molecule has 0 aliphatic rings. The predicted molar refractivity (Wildman–Crippen MR) is 103 cm³/mol. The Bertz CT molecular complexity index is 735. The molecule has 0 aromatic heterocycles. The number of halogens is 1. The maximum Gasteiger partial charge on any atom is 0.254 e. The monoisotopic (exact) mass is 375 g/mol. The molecule has 0 fully saturated rings. The van der Waals surface area contributed by atoms with Gasteiger partial charge in [0.05, 0.1) is 0 Å². The van der Waals surface area contributed by atoms with Gasteiger partial charge in [0, 0.05) is 29.2 Å². The van der Waals surface area contributed by atoms with E-state index in [1.54, 1.807) is 6.92 Å². The van der Waals surface area contributed by atoms with Crippen molar-refractivity contribution in [2.75, 3.05) is 25.0 Å². The number of carbonyl (C=O) groups excluding carboxylic acids is 2. The number of carbonyl (C=O) groups is 2. The van der Waals surface area contributed by atoms with Crippen molar-refractivity contribution in [2.24, 2.45) is 0 Å². The van der Waals surface area contributed by atoms with Crippen LogP contribution in [0.4, 0.5) is 10.1 Å². The zero-order chi connectivity index (χ0) is 18.9. The third kappa shape index (κ3) is 5.86. The van der Waals surface area contributed by atoms with Gasteiger partial charge in [-0.05, 0) is 67.4 Å². The molecule has 5 nitrogen and oxygen atoms in total. The zero-order valence-electron chi connectivity index (χ0n) is 14.8. The Labute approximate surface area is 157 Å². The topological polar surface area (TPSA) is 61.4 Å². The molecule has 2 rings (SSSR count). The van der Waals surface area contributed by atoms with Crippen molar-refractivity contribution >= 4 is 29.4 Å². The molecule has 0 saturated carbocycles. The van der Waals surface area contributed by atoms with Crippen LogP contribution in [0.1, 0.15) is 24.2 Å². The average molecular weight is 375 g/mol. The van der Waals surface area contributed by atoms with Crippen LogP contribution < -0.4 is 10.0 Å². The molecule has 0 spiro atoms. The first-order chi connectivity index (χ1) is 12.5. The summed E-state index contributed by atoms with van der Waals surface area (Å²) >= 11 is 1.52. The first kappa shape index (κ1) is 19.9. The third-order valence-electron chi connectivity index (χ3n) is 3.57. The van der Waals surface area contributed by atoms with E-state index in [0.29, 0.717) is 17.8 Å². The minimum atomic E-state index is -0.405. The van der Waals surface area contributed by atoms with Crippen molar-refractivity contribution in [3.63, 3.8) is 0 Å². The molecular weight excluding hydrogens is 353 g/mol. The minimum absolute atomic E-state index is 0.0688. The molecule has 2 amide bonds. The molecule has 0 radical (unpaired) electrons. The molecular formula is C19H22FN3O2S. The highest BCUT2D eigenvalue weighted by molar-refractivity contribution is 7.97. The fourth-order valence-electron chi connectivity index (χ4n) is 2.24. The molecule has 0 heterocycles. The lowest BCUT2D eigenvalue weighted by Gasteiger charge is -2.20. The summed E-state index contributed by atoms with van der Waals surface area (Å²) in [5, 5.41) is 2.78. The Morgan fingerprint density at radius 3 is 2.27 bits per heavy atom. The van der Waals surface area contributed by atoms with Gasteiger partial charge in [-0.1, -0.05) is 6.92 Å². The SMILES string of the molecule is CCNSc1ccc(NC(=O)CN(CC)C(=O)c2ccc(F)cc2)cc1. The molecule has 7 heteroatoms. The van der Waals surface area contributed by atoms with Crippen LogP contribution in [-0.2, 0) is 4.79 Å². The van der Waals surface area contributed by atoms with Gasteiger partial charge in [-0.25, -0.2) is 4.39 Å². The van der Waals surface area contributed by atoms with Crippen LogP contribution >= 0.6 is 11.9 Å². The molecule has 26 heavy (non-hydrogen) atoms. The van der Waals surface area contributed by atoms with Gasteiger partial charge in [0.1, 0.15) is 12.4 Å².